The van der Waals surface area contributed by atoms with E-state index in [1.807, 2.05) is 6.92 Å². The fraction of sp³-hybridized carbons (Fsp3) is 0.500. The van der Waals surface area contributed by atoms with Crippen LogP contribution in [0.5, 0.6) is 0 Å². The van der Waals surface area contributed by atoms with Crippen molar-refractivity contribution < 1.29 is 9.90 Å². The largest absolute Gasteiger partial charge is 0.478 e. The van der Waals surface area contributed by atoms with E-state index < -0.39 is 5.97 Å². The zero-order valence-corrected chi connectivity index (χ0v) is 8.18. The second kappa shape index (κ2) is 3.46. The van der Waals surface area contributed by atoms with Crippen LogP contribution in [0.2, 0.25) is 0 Å². The molecule has 1 aromatic heterocycles. The number of carboxylic acids is 1. The van der Waals surface area contributed by atoms with Crippen LogP contribution in [0.1, 0.15) is 34.2 Å². The molecule has 0 fully saturated rings. The average molecular weight is 194 g/mol. The fourth-order valence-corrected chi connectivity index (χ4v) is 2.03. The van der Waals surface area contributed by atoms with E-state index in [2.05, 4.69) is 10.3 Å². The number of aryl methyl sites for hydroxylation is 1. The number of aromatic amines is 1. The van der Waals surface area contributed by atoms with Crippen molar-refractivity contribution >= 4 is 5.97 Å². The normalized spacial score (nSPS) is 15.2. The minimum absolute atomic E-state index is 0.504. The number of H-pyrrole nitrogens is 1. The molecule has 2 rings (SSSR count). The van der Waals surface area contributed by atoms with Gasteiger partial charge in [-0.2, -0.15) is 0 Å². The van der Waals surface area contributed by atoms with Gasteiger partial charge in [0.05, 0.1) is 5.56 Å². The van der Waals surface area contributed by atoms with Crippen LogP contribution in [0.15, 0.2) is 0 Å². The molecule has 0 atom stereocenters. The van der Waals surface area contributed by atoms with Crippen LogP contribution < -0.4 is 5.32 Å². The Labute approximate surface area is 82.3 Å². The highest BCUT2D eigenvalue weighted by Gasteiger charge is 2.22. The maximum atomic E-state index is 11.1. The summed E-state index contributed by atoms with van der Waals surface area (Å²) in [4.78, 5) is 14.3. The molecule has 0 aromatic carbocycles. The number of carboxylic acid groups (broad SMARTS) is 1. The Hall–Kier alpha value is -1.29. The van der Waals surface area contributed by atoms with E-state index in [9.17, 15) is 4.79 Å². The van der Waals surface area contributed by atoms with Gasteiger partial charge in [0, 0.05) is 17.9 Å². The third kappa shape index (κ3) is 1.32. The van der Waals surface area contributed by atoms with Gasteiger partial charge >= 0.3 is 5.97 Å². The Morgan fingerprint density at radius 3 is 3.00 bits per heavy atom. The molecular formula is C10H14N2O2. The molecule has 0 bridgehead atoms. The van der Waals surface area contributed by atoms with Gasteiger partial charge in [-0.15, -0.1) is 0 Å². The van der Waals surface area contributed by atoms with Crippen LogP contribution >= 0.6 is 0 Å². The van der Waals surface area contributed by atoms with Crippen LogP contribution in [0, 0.1) is 0 Å². The summed E-state index contributed by atoms with van der Waals surface area (Å²) in [6, 6.07) is 0. The number of hydrogen-bond donors (Lipinski definition) is 3. The first kappa shape index (κ1) is 9.27. The van der Waals surface area contributed by atoms with E-state index in [1.54, 1.807) is 0 Å². The van der Waals surface area contributed by atoms with Crippen LogP contribution in [-0.2, 0) is 19.4 Å². The molecule has 76 valence electrons. The highest BCUT2D eigenvalue weighted by atomic mass is 16.4. The van der Waals surface area contributed by atoms with Crippen molar-refractivity contribution in [1.29, 1.82) is 0 Å². The van der Waals surface area contributed by atoms with Gasteiger partial charge in [-0.05, 0) is 24.9 Å². The van der Waals surface area contributed by atoms with Gasteiger partial charge in [-0.25, -0.2) is 4.79 Å². The molecule has 0 radical (unpaired) electrons. The third-order valence-electron chi connectivity index (χ3n) is 2.69. The van der Waals surface area contributed by atoms with Gasteiger partial charge < -0.3 is 15.4 Å². The lowest BCUT2D eigenvalue weighted by Gasteiger charge is -2.12. The van der Waals surface area contributed by atoms with Crippen LogP contribution in [0.3, 0.4) is 0 Å². The topological polar surface area (TPSA) is 65.1 Å². The fourth-order valence-electron chi connectivity index (χ4n) is 2.03. The van der Waals surface area contributed by atoms with E-state index in [0.717, 1.165) is 42.9 Å². The molecule has 0 saturated carbocycles. The number of carbonyl (C=O) groups is 1. The van der Waals surface area contributed by atoms with Crippen molar-refractivity contribution in [1.82, 2.24) is 10.3 Å². The Kier molecular flexibility index (Phi) is 2.29. The minimum Gasteiger partial charge on any atom is -0.478 e. The lowest BCUT2D eigenvalue weighted by atomic mass is 10.0. The average Bonchev–Trinajstić information content (AvgIpc) is 2.55. The molecule has 4 heteroatoms. The lowest BCUT2D eigenvalue weighted by molar-refractivity contribution is 0.0694. The van der Waals surface area contributed by atoms with Gasteiger partial charge in [0.25, 0.3) is 0 Å². The third-order valence-corrected chi connectivity index (χ3v) is 2.69. The molecule has 1 aliphatic heterocycles. The lowest BCUT2D eigenvalue weighted by Crippen LogP contribution is -2.24. The smallest absolute Gasteiger partial charge is 0.337 e. The number of fused-ring (bicyclic) bond motifs is 1. The molecule has 2 heterocycles. The van der Waals surface area contributed by atoms with E-state index in [-0.39, 0.29) is 0 Å². The number of nitrogens with one attached hydrogen (secondary N) is 2. The summed E-state index contributed by atoms with van der Waals surface area (Å²) in [6.07, 6.45) is 1.56. The molecule has 0 unspecified atom stereocenters. The first-order valence-corrected chi connectivity index (χ1v) is 4.90. The van der Waals surface area contributed by atoms with Crippen molar-refractivity contribution in [3.8, 4) is 0 Å². The summed E-state index contributed by atoms with van der Waals surface area (Å²) in [5.41, 5.74) is 3.40. The minimum atomic E-state index is -0.804. The monoisotopic (exact) mass is 194 g/mol. The van der Waals surface area contributed by atoms with E-state index in [1.165, 1.54) is 0 Å². The van der Waals surface area contributed by atoms with Crippen molar-refractivity contribution in [3.63, 3.8) is 0 Å². The Morgan fingerprint density at radius 1 is 1.57 bits per heavy atom. The van der Waals surface area contributed by atoms with Crippen LogP contribution in [-0.4, -0.2) is 22.6 Å². The second-order valence-electron chi connectivity index (χ2n) is 3.52. The summed E-state index contributed by atoms with van der Waals surface area (Å²) < 4.78 is 0. The number of aromatic nitrogens is 1. The van der Waals surface area contributed by atoms with Crippen LogP contribution in [0.25, 0.3) is 0 Å². The highest BCUT2D eigenvalue weighted by molar-refractivity contribution is 5.91. The molecule has 0 spiro atoms. The maximum absolute atomic E-state index is 11.1. The van der Waals surface area contributed by atoms with Gasteiger partial charge in [-0.3, -0.25) is 0 Å². The summed E-state index contributed by atoms with van der Waals surface area (Å²) in [7, 11) is 0. The van der Waals surface area contributed by atoms with Gasteiger partial charge in [0.1, 0.15) is 0 Å². The van der Waals surface area contributed by atoms with Gasteiger partial charge in [0.2, 0.25) is 0 Å². The summed E-state index contributed by atoms with van der Waals surface area (Å²) in [5, 5.41) is 12.3. The first-order valence-electron chi connectivity index (χ1n) is 4.90. The number of rotatable bonds is 2. The predicted octanol–water partition coefficient (Wildman–Crippen LogP) is 0.921. The Bertz CT molecular complexity index is 368. The molecular weight excluding hydrogens is 180 g/mol. The van der Waals surface area contributed by atoms with E-state index in [4.69, 9.17) is 5.11 Å². The number of hydrogen-bond acceptors (Lipinski definition) is 2. The van der Waals surface area contributed by atoms with Crippen molar-refractivity contribution in [3.05, 3.63) is 22.5 Å². The molecule has 0 amide bonds. The Balaban J connectivity index is 2.53. The van der Waals surface area contributed by atoms with Gasteiger partial charge in [-0.1, -0.05) is 6.92 Å². The zero-order chi connectivity index (χ0) is 10.1. The summed E-state index contributed by atoms with van der Waals surface area (Å²) in [6.45, 7) is 3.60. The zero-order valence-electron chi connectivity index (χ0n) is 8.18. The van der Waals surface area contributed by atoms with Crippen LogP contribution in [0.4, 0.5) is 0 Å². The molecule has 0 aliphatic carbocycles. The summed E-state index contributed by atoms with van der Waals surface area (Å²) in [5.74, 6) is -0.804. The SMILES string of the molecule is CCc1[nH]c2c(c1C(=O)O)CCNC2. The highest BCUT2D eigenvalue weighted by Crippen LogP contribution is 2.22. The van der Waals surface area contributed by atoms with E-state index in [0.29, 0.717) is 5.56 Å². The second-order valence-corrected chi connectivity index (χ2v) is 3.52. The quantitative estimate of drug-likeness (QED) is 0.656. The molecule has 0 saturated heterocycles. The van der Waals surface area contributed by atoms with Crippen molar-refractivity contribution in [2.45, 2.75) is 26.3 Å². The van der Waals surface area contributed by atoms with Crippen molar-refractivity contribution in [2.75, 3.05) is 6.54 Å². The predicted molar refractivity (Wildman–Crippen MR) is 52.5 cm³/mol. The molecule has 1 aromatic rings. The standard InChI is InChI=1S/C10H14N2O2/c1-2-7-9(10(13)14)6-3-4-11-5-8(6)12-7/h11-12H,2-5H2,1H3,(H,13,14). The molecule has 14 heavy (non-hydrogen) atoms. The maximum Gasteiger partial charge on any atom is 0.337 e. The van der Waals surface area contributed by atoms with Crippen molar-refractivity contribution in [2.24, 2.45) is 0 Å². The van der Waals surface area contributed by atoms with E-state index >= 15 is 0 Å². The number of aromatic carboxylic acids is 1. The molecule has 3 N–H and O–H groups in total. The van der Waals surface area contributed by atoms with Gasteiger partial charge in [0.15, 0.2) is 0 Å². The Morgan fingerprint density at radius 2 is 2.36 bits per heavy atom. The molecule has 1 aliphatic rings. The molecule has 4 nitrogen and oxygen atoms in total. The summed E-state index contributed by atoms with van der Waals surface area (Å²) >= 11 is 0. The first-order chi connectivity index (χ1) is 6.74.